The zero-order valence-electron chi connectivity index (χ0n) is 10.3. The van der Waals surface area contributed by atoms with Gasteiger partial charge in [0, 0.05) is 28.3 Å². The summed E-state index contributed by atoms with van der Waals surface area (Å²) in [5, 5.41) is 3.28. The Morgan fingerprint density at radius 3 is 2.81 bits per heavy atom. The first kappa shape index (κ1) is 13.4. The minimum Gasteiger partial charge on any atom is -0.314 e. The predicted octanol–water partition coefficient (Wildman–Crippen LogP) is 2.24. The van der Waals surface area contributed by atoms with Crippen LogP contribution in [-0.4, -0.2) is 22.5 Å². The van der Waals surface area contributed by atoms with Crippen molar-refractivity contribution in [2.75, 3.05) is 12.3 Å². The summed E-state index contributed by atoms with van der Waals surface area (Å²) in [4.78, 5) is 0. The molecule has 3 heteroatoms. The van der Waals surface area contributed by atoms with Crippen LogP contribution in [0.25, 0.3) is 0 Å². The van der Waals surface area contributed by atoms with Gasteiger partial charge in [-0.05, 0) is 26.0 Å². The molecule has 0 amide bonds. The Morgan fingerprint density at radius 1 is 1.44 bits per heavy atom. The maximum atomic E-state index is 11.9. The second kappa shape index (κ2) is 6.81. The van der Waals surface area contributed by atoms with E-state index in [0.29, 0.717) is 11.8 Å². The van der Waals surface area contributed by atoms with E-state index in [4.69, 9.17) is 0 Å². The van der Waals surface area contributed by atoms with Gasteiger partial charge in [-0.15, -0.1) is 0 Å². The molecule has 90 valence electrons. The molecule has 1 aromatic rings. The highest BCUT2D eigenvalue weighted by atomic mass is 32.2. The van der Waals surface area contributed by atoms with Gasteiger partial charge in [-0.2, -0.15) is 0 Å². The van der Waals surface area contributed by atoms with Gasteiger partial charge < -0.3 is 5.32 Å². The molecule has 0 radical (unpaired) electrons. The molecule has 0 aliphatic carbocycles. The predicted molar refractivity (Wildman–Crippen MR) is 71.0 cm³/mol. The molecule has 0 heterocycles. The average Bonchev–Trinajstić information content (AvgIpc) is 2.17. The second-order valence-electron chi connectivity index (χ2n) is 4.20. The van der Waals surface area contributed by atoms with Crippen molar-refractivity contribution in [3.63, 3.8) is 0 Å². The van der Waals surface area contributed by atoms with Crippen molar-refractivity contribution >= 4 is 10.8 Å². The van der Waals surface area contributed by atoms with Gasteiger partial charge in [-0.1, -0.05) is 36.8 Å². The topological polar surface area (TPSA) is 29.1 Å². The number of hydrogen-bond acceptors (Lipinski definition) is 2. The fourth-order valence-electron chi connectivity index (χ4n) is 1.73. The lowest BCUT2D eigenvalue weighted by Gasteiger charge is -2.11. The van der Waals surface area contributed by atoms with Crippen molar-refractivity contribution in [3.05, 3.63) is 35.4 Å². The largest absolute Gasteiger partial charge is 0.314 e. The number of hydrogen-bond donors (Lipinski definition) is 1. The summed E-state index contributed by atoms with van der Waals surface area (Å²) in [6.45, 7) is 7.15. The standard InChI is InChI=1S/C13H21NOS/c1-4-14-12(3)9-16(15)10-13-7-5-6-11(2)8-13/h5-8,12,14H,4,9-10H2,1-3H3. The molecule has 1 rings (SSSR count). The fraction of sp³-hybridized carbons (Fsp3) is 0.538. The molecule has 16 heavy (non-hydrogen) atoms. The summed E-state index contributed by atoms with van der Waals surface area (Å²) in [6.07, 6.45) is 0. The summed E-state index contributed by atoms with van der Waals surface area (Å²) in [5.74, 6) is 1.39. The molecule has 2 nitrogen and oxygen atoms in total. The van der Waals surface area contributed by atoms with Crippen LogP contribution in [0.15, 0.2) is 24.3 Å². The third-order valence-electron chi connectivity index (χ3n) is 2.40. The Hall–Kier alpha value is -0.670. The lowest BCUT2D eigenvalue weighted by molar-refractivity contribution is 0.607. The summed E-state index contributed by atoms with van der Waals surface area (Å²) >= 11 is 0. The number of nitrogens with one attached hydrogen (secondary N) is 1. The first-order valence-electron chi connectivity index (χ1n) is 5.75. The van der Waals surface area contributed by atoms with E-state index >= 15 is 0 Å². The van der Waals surface area contributed by atoms with Crippen molar-refractivity contribution in [1.82, 2.24) is 5.32 Å². The molecule has 0 saturated carbocycles. The van der Waals surface area contributed by atoms with E-state index in [1.165, 1.54) is 11.1 Å². The SMILES string of the molecule is CCNC(C)CS(=O)Cc1cccc(C)c1. The number of benzene rings is 1. The van der Waals surface area contributed by atoms with Crippen molar-refractivity contribution < 1.29 is 4.21 Å². The smallest absolute Gasteiger partial charge is 0.0486 e. The van der Waals surface area contributed by atoms with Crippen molar-refractivity contribution in [2.45, 2.75) is 32.6 Å². The van der Waals surface area contributed by atoms with Crippen LogP contribution in [0.4, 0.5) is 0 Å². The highest BCUT2D eigenvalue weighted by molar-refractivity contribution is 7.84. The van der Waals surface area contributed by atoms with E-state index in [1.54, 1.807) is 0 Å². The van der Waals surface area contributed by atoms with Gasteiger partial charge in [0.25, 0.3) is 0 Å². The van der Waals surface area contributed by atoms with Gasteiger partial charge in [0.1, 0.15) is 0 Å². The highest BCUT2D eigenvalue weighted by Crippen LogP contribution is 2.07. The van der Waals surface area contributed by atoms with Crippen LogP contribution in [0, 0.1) is 6.92 Å². The Bertz CT molecular complexity index is 352. The van der Waals surface area contributed by atoms with Gasteiger partial charge in [0.15, 0.2) is 0 Å². The first-order chi connectivity index (χ1) is 7.61. The molecule has 2 atom stereocenters. The van der Waals surface area contributed by atoms with Gasteiger partial charge in [0.2, 0.25) is 0 Å². The van der Waals surface area contributed by atoms with Crippen LogP contribution in [-0.2, 0) is 16.6 Å². The Kier molecular flexibility index (Phi) is 5.71. The van der Waals surface area contributed by atoms with Crippen molar-refractivity contribution in [1.29, 1.82) is 0 Å². The first-order valence-corrected chi connectivity index (χ1v) is 7.24. The molecule has 0 fully saturated rings. The molecule has 0 aliphatic heterocycles. The minimum absolute atomic E-state index is 0.329. The van der Waals surface area contributed by atoms with Gasteiger partial charge >= 0.3 is 0 Å². The molecule has 2 unspecified atom stereocenters. The maximum absolute atomic E-state index is 11.9. The zero-order valence-corrected chi connectivity index (χ0v) is 11.1. The van der Waals surface area contributed by atoms with E-state index in [-0.39, 0.29) is 0 Å². The lowest BCUT2D eigenvalue weighted by Crippen LogP contribution is -2.31. The van der Waals surface area contributed by atoms with Gasteiger partial charge in [-0.25, -0.2) is 0 Å². The molecule has 1 N–H and O–H groups in total. The van der Waals surface area contributed by atoms with Crippen LogP contribution in [0.1, 0.15) is 25.0 Å². The third-order valence-corrected chi connectivity index (χ3v) is 3.93. The van der Waals surface area contributed by atoms with E-state index in [1.807, 2.05) is 12.1 Å². The van der Waals surface area contributed by atoms with Crippen LogP contribution >= 0.6 is 0 Å². The van der Waals surface area contributed by atoms with E-state index in [0.717, 1.165) is 12.3 Å². The number of rotatable bonds is 6. The fourth-order valence-corrected chi connectivity index (χ4v) is 3.08. The van der Waals surface area contributed by atoms with Crippen LogP contribution in [0.3, 0.4) is 0 Å². The van der Waals surface area contributed by atoms with Crippen molar-refractivity contribution in [3.8, 4) is 0 Å². The summed E-state index contributed by atoms with van der Waals surface area (Å²) in [5.41, 5.74) is 2.40. The van der Waals surface area contributed by atoms with E-state index in [9.17, 15) is 4.21 Å². The highest BCUT2D eigenvalue weighted by Gasteiger charge is 2.07. The molecule has 0 bridgehead atoms. The van der Waals surface area contributed by atoms with Gasteiger partial charge in [-0.3, -0.25) is 4.21 Å². The van der Waals surface area contributed by atoms with Crippen molar-refractivity contribution in [2.24, 2.45) is 0 Å². The van der Waals surface area contributed by atoms with Crippen LogP contribution < -0.4 is 5.32 Å². The summed E-state index contributed by atoms with van der Waals surface area (Å²) in [6, 6.07) is 8.57. The molecule has 0 aliphatic rings. The molecule has 0 aromatic heterocycles. The summed E-state index contributed by atoms with van der Waals surface area (Å²) in [7, 11) is -0.773. The molecule has 0 saturated heterocycles. The molecule has 0 spiro atoms. The van der Waals surface area contributed by atoms with E-state index < -0.39 is 10.8 Å². The van der Waals surface area contributed by atoms with Gasteiger partial charge in [0.05, 0.1) is 0 Å². The Labute approximate surface area is 101 Å². The summed E-state index contributed by atoms with van der Waals surface area (Å²) < 4.78 is 11.9. The Balaban J connectivity index is 2.45. The monoisotopic (exact) mass is 239 g/mol. The van der Waals surface area contributed by atoms with E-state index in [2.05, 4.69) is 38.2 Å². The maximum Gasteiger partial charge on any atom is 0.0486 e. The molecular weight excluding hydrogens is 218 g/mol. The average molecular weight is 239 g/mol. The number of aryl methyl sites for hydroxylation is 1. The quantitative estimate of drug-likeness (QED) is 0.825. The second-order valence-corrected chi connectivity index (χ2v) is 5.70. The third kappa shape index (κ3) is 4.90. The Morgan fingerprint density at radius 2 is 2.19 bits per heavy atom. The minimum atomic E-state index is -0.773. The molecular formula is C13H21NOS. The molecule has 1 aromatic carbocycles. The normalized spacial score (nSPS) is 14.7. The lowest BCUT2D eigenvalue weighted by atomic mass is 10.2. The zero-order chi connectivity index (χ0) is 12.0. The van der Waals surface area contributed by atoms with Crippen LogP contribution in [0.5, 0.6) is 0 Å². The van der Waals surface area contributed by atoms with Crippen LogP contribution in [0.2, 0.25) is 0 Å².